The molecule has 0 amide bonds. The van der Waals surface area contributed by atoms with Gasteiger partial charge in [0, 0.05) is 11.3 Å². The molecule has 0 aliphatic carbocycles. The number of aliphatic hydroxyl groups excluding tert-OH is 1. The molecule has 0 fully saturated rings. The van der Waals surface area contributed by atoms with Crippen molar-refractivity contribution in [2.24, 2.45) is 5.73 Å². The Hall–Kier alpha value is -1.92. The third kappa shape index (κ3) is 2.91. The lowest BCUT2D eigenvalue weighted by molar-refractivity contribution is 0.263. The van der Waals surface area contributed by atoms with Crippen LogP contribution in [0.5, 0.6) is 0 Å². The first-order valence-corrected chi connectivity index (χ1v) is 5.68. The second-order valence-electron chi connectivity index (χ2n) is 4.17. The van der Waals surface area contributed by atoms with E-state index in [0.29, 0.717) is 17.0 Å². The van der Waals surface area contributed by atoms with Crippen LogP contribution in [0.2, 0.25) is 0 Å². The van der Waals surface area contributed by atoms with Gasteiger partial charge in [-0.15, -0.1) is 0 Å². The van der Waals surface area contributed by atoms with Gasteiger partial charge in [0.1, 0.15) is 5.82 Å². The Kier molecular flexibility index (Phi) is 3.82. The first kappa shape index (κ1) is 13.5. The molecule has 0 bridgehead atoms. The van der Waals surface area contributed by atoms with Crippen molar-refractivity contribution >= 4 is 0 Å². The number of halogens is 2. The number of aliphatic hydroxyl groups is 1. The quantitative estimate of drug-likeness (QED) is 0.886. The average molecular weight is 265 g/mol. The normalized spacial score (nSPS) is 12.5. The summed E-state index contributed by atoms with van der Waals surface area (Å²) in [5.41, 5.74) is 7.15. The third-order valence-corrected chi connectivity index (χ3v) is 2.62. The molecule has 3 N–H and O–H groups in total. The van der Waals surface area contributed by atoms with E-state index < -0.39 is 17.7 Å². The van der Waals surface area contributed by atoms with Crippen molar-refractivity contribution in [3.05, 3.63) is 47.4 Å². The number of aromatic nitrogens is 2. The molecule has 6 heteroatoms. The summed E-state index contributed by atoms with van der Waals surface area (Å²) < 4.78 is 26.1. The van der Waals surface area contributed by atoms with Gasteiger partial charge in [0.05, 0.1) is 18.3 Å². The zero-order chi connectivity index (χ0) is 14.0. The molecule has 0 spiro atoms. The van der Waals surface area contributed by atoms with Crippen LogP contribution in [0.4, 0.5) is 8.78 Å². The zero-order valence-corrected chi connectivity index (χ0v) is 10.3. The van der Waals surface area contributed by atoms with Crippen LogP contribution in [0.25, 0.3) is 11.3 Å². The highest BCUT2D eigenvalue weighted by Crippen LogP contribution is 2.21. The highest BCUT2D eigenvalue weighted by Gasteiger charge is 2.12. The Labute approximate surface area is 108 Å². The number of benzene rings is 1. The van der Waals surface area contributed by atoms with Crippen LogP contribution in [0.1, 0.15) is 17.6 Å². The lowest BCUT2D eigenvalue weighted by Crippen LogP contribution is -2.18. The number of nitrogens with zero attached hydrogens (tertiary/aromatic N) is 2. The number of hydrogen-bond donors (Lipinski definition) is 2. The largest absolute Gasteiger partial charge is 0.394 e. The molecule has 0 aliphatic rings. The van der Waals surface area contributed by atoms with Gasteiger partial charge < -0.3 is 10.8 Å². The van der Waals surface area contributed by atoms with E-state index in [4.69, 9.17) is 10.8 Å². The van der Waals surface area contributed by atoms with Gasteiger partial charge in [-0.05, 0) is 31.2 Å². The minimum absolute atomic E-state index is 0.266. The Morgan fingerprint density at radius 1 is 1.21 bits per heavy atom. The van der Waals surface area contributed by atoms with E-state index in [0.717, 1.165) is 12.1 Å². The first-order chi connectivity index (χ1) is 9.01. The fourth-order valence-electron chi connectivity index (χ4n) is 1.64. The van der Waals surface area contributed by atoms with Crippen LogP contribution in [-0.4, -0.2) is 21.7 Å². The molecule has 0 saturated heterocycles. The van der Waals surface area contributed by atoms with Gasteiger partial charge in [-0.3, -0.25) is 0 Å². The van der Waals surface area contributed by atoms with Gasteiger partial charge in [-0.25, -0.2) is 18.7 Å². The van der Waals surface area contributed by atoms with E-state index in [-0.39, 0.29) is 12.4 Å². The number of nitrogens with two attached hydrogens (primary N) is 1. The average Bonchev–Trinajstić information content (AvgIpc) is 2.40. The molecule has 0 aliphatic heterocycles. The van der Waals surface area contributed by atoms with E-state index in [1.807, 2.05) is 0 Å². The molecular formula is C13H13F2N3O. The Morgan fingerprint density at radius 3 is 2.58 bits per heavy atom. The monoisotopic (exact) mass is 265 g/mol. The molecule has 1 unspecified atom stereocenters. The second-order valence-corrected chi connectivity index (χ2v) is 4.17. The summed E-state index contributed by atoms with van der Waals surface area (Å²) in [5, 5.41) is 9.01. The van der Waals surface area contributed by atoms with Crippen molar-refractivity contribution < 1.29 is 13.9 Å². The SMILES string of the molecule is Cc1cc(-c2ccc(F)c(F)c2)nc(C(N)CO)n1. The Morgan fingerprint density at radius 2 is 1.95 bits per heavy atom. The van der Waals surface area contributed by atoms with Gasteiger partial charge in [0.15, 0.2) is 11.6 Å². The summed E-state index contributed by atoms with van der Waals surface area (Å²) in [7, 11) is 0. The van der Waals surface area contributed by atoms with E-state index in [9.17, 15) is 8.78 Å². The van der Waals surface area contributed by atoms with E-state index >= 15 is 0 Å². The molecular weight excluding hydrogens is 252 g/mol. The molecule has 4 nitrogen and oxygen atoms in total. The lowest BCUT2D eigenvalue weighted by atomic mass is 10.1. The molecule has 19 heavy (non-hydrogen) atoms. The summed E-state index contributed by atoms with van der Waals surface area (Å²) in [4.78, 5) is 8.27. The third-order valence-electron chi connectivity index (χ3n) is 2.62. The van der Waals surface area contributed by atoms with Crippen LogP contribution < -0.4 is 5.73 Å². The fraction of sp³-hybridized carbons (Fsp3) is 0.231. The summed E-state index contributed by atoms with van der Waals surface area (Å²) in [5.74, 6) is -1.59. The number of hydrogen-bond acceptors (Lipinski definition) is 4. The number of aryl methyl sites for hydroxylation is 1. The fourth-order valence-corrected chi connectivity index (χ4v) is 1.64. The summed E-state index contributed by atoms with van der Waals surface area (Å²) in [6.45, 7) is 1.44. The minimum atomic E-state index is -0.943. The van der Waals surface area contributed by atoms with Crippen LogP contribution >= 0.6 is 0 Å². The molecule has 100 valence electrons. The van der Waals surface area contributed by atoms with Crippen molar-refractivity contribution in [2.75, 3.05) is 6.61 Å². The standard InChI is InChI=1S/C13H13F2N3O/c1-7-4-12(18-13(17-7)11(16)6-19)8-2-3-9(14)10(15)5-8/h2-5,11,19H,6,16H2,1H3. The van der Waals surface area contributed by atoms with E-state index in [1.165, 1.54) is 6.07 Å². The van der Waals surface area contributed by atoms with Crippen LogP contribution in [0.15, 0.2) is 24.3 Å². The topological polar surface area (TPSA) is 72.0 Å². The van der Waals surface area contributed by atoms with E-state index in [1.54, 1.807) is 13.0 Å². The smallest absolute Gasteiger partial charge is 0.159 e. The van der Waals surface area contributed by atoms with Crippen molar-refractivity contribution in [1.29, 1.82) is 0 Å². The number of rotatable bonds is 3. The van der Waals surface area contributed by atoms with Gasteiger partial charge in [-0.2, -0.15) is 0 Å². The van der Waals surface area contributed by atoms with Crippen molar-refractivity contribution in [3.8, 4) is 11.3 Å². The maximum atomic E-state index is 13.2. The molecule has 1 heterocycles. The van der Waals surface area contributed by atoms with Crippen LogP contribution in [0.3, 0.4) is 0 Å². The van der Waals surface area contributed by atoms with Crippen molar-refractivity contribution in [3.63, 3.8) is 0 Å². The van der Waals surface area contributed by atoms with Crippen LogP contribution in [0, 0.1) is 18.6 Å². The van der Waals surface area contributed by atoms with Crippen LogP contribution in [-0.2, 0) is 0 Å². The first-order valence-electron chi connectivity index (χ1n) is 5.68. The zero-order valence-electron chi connectivity index (χ0n) is 10.3. The maximum absolute atomic E-state index is 13.2. The minimum Gasteiger partial charge on any atom is -0.394 e. The Balaban J connectivity index is 2.49. The predicted molar refractivity (Wildman–Crippen MR) is 66.1 cm³/mol. The highest BCUT2D eigenvalue weighted by atomic mass is 19.2. The lowest BCUT2D eigenvalue weighted by Gasteiger charge is -2.10. The molecule has 1 atom stereocenters. The predicted octanol–water partition coefficient (Wildman–Crippen LogP) is 1.72. The second kappa shape index (κ2) is 5.38. The van der Waals surface area contributed by atoms with Gasteiger partial charge >= 0.3 is 0 Å². The highest BCUT2D eigenvalue weighted by molar-refractivity contribution is 5.59. The molecule has 1 aromatic heterocycles. The summed E-state index contributed by atoms with van der Waals surface area (Å²) >= 11 is 0. The van der Waals surface area contributed by atoms with E-state index in [2.05, 4.69) is 9.97 Å². The van der Waals surface area contributed by atoms with Crippen molar-refractivity contribution in [1.82, 2.24) is 9.97 Å². The maximum Gasteiger partial charge on any atom is 0.159 e. The van der Waals surface area contributed by atoms with Gasteiger partial charge in [0.2, 0.25) is 0 Å². The Bertz CT molecular complexity index is 604. The molecule has 2 aromatic rings. The molecule has 0 saturated carbocycles. The summed E-state index contributed by atoms with van der Waals surface area (Å²) in [6.07, 6.45) is 0. The van der Waals surface area contributed by atoms with Gasteiger partial charge in [-0.1, -0.05) is 0 Å². The summed E-state index contributed by atoms with van der Waals surface area (Å²) in [6, 6.07) is 4.46. The molecule has 1 aromatic carbocycles. The van der Waals surface area contributed by atoms with Gasteiger partial charge in [0.25, 0.3) is 0 Å². The molecule has 2 rings (SSSR count). The van der Waals surface area contributed by atoms with Crippen molar-refractivity contribution in [2.45, 2.75) is 13.0 Å². The molecule has 0 radical (unpaired) electrons.